The van der Waals surface area contributed by atoms with Crippen molar-refractivity contribution in [1.29, 1.82) is 0 Å². The molecule has 2 aliphatic rings. The van der Waals surface area contributed by atoms with Gasteiger partial charge in [0.25, 0.3) is 5.92 Å². The summed E-state index contributed by atoms with van der Waals surface area (Å²) < 4.78 is 25.6. The van der Waals surface area contributed by atoms with Gasteiger partial charge in [0.1, 0.15) is 0 Å². The molecule has 2 nitrogen and oxygen atoms in total. The standard InChI is InChI=1S/C9H16F2N2/c10-9(11)3-4-13(6-9)5-8(12)7-1-2-7/h7-8H,1-6,12H2. The van der Waals surface area contributed by atoms with Gasteiger partial charge in [-0.15, -0.1) is 0 Å². The van der Waals surface area contributed by atoms with Crippen LogP contribution in [0.1, 0.15) is 19.3 Å². The summed E-state index contributed by atoms with van der Waals surface area (Å²) in [5.41, 5.74) is 5.86. The molecule has 76 valence electrons. The molecule has 0 bridgehead atoms. The zero-order chi connectivity index (χ0) is 9.47. The van der Waals surface area contributed by atoms with Crippen LogP contribution in [0.3, 0.4) is 0 Å². The van der Waals surface area contributed by atoms with Crippen LogP contribution in [0.15, 0.2) is 0 Å². The van der Waals surface area contributed by atoms with Crippen LogP contribution >= 0.6 is 0 Å². The molecule has 13 heavy (non-hydrogen) atoms. The van der Waals surface area contributed by atoms with Crippen molar-refractivity contribution in [3.05, 3.63) is 0 Å². The van der Waals surface area contributed by atoms with Crippen LogP contribution in [0, 0.1) is 5.92 Å². The number of halogens is 2. The molecule has 0 radical (unpaired) electrons. The lowest BCUT2D eigenvalue weighted by molar-refractivity contribution is 0.0116. The number of hydrogen-bond acceptors (Lipinski definition) is 2. The number of nitrogens with two attached hydrogens (primary N) is 1. The molecule has 0 aromatic heterocycles. The van der Waals surface area contributed by atoms with E-state index >= 15 is 0 Å². The number of alkyl halides is 2. The van der Waals surface area contributed by atoms with Gasteiger partial charge in [0, 0.05) is 25.6 Å². The van der Waals surface area contributed by atoms with E-state index in [0.717, 1.165) is 0 Å². The zero-order valence-electron chi connectivity index (χ0n) is 7.68. The lowest BCUT2D eigenvalue weighted by atomic mass is 10.2. The summed E-state index contributed by atoms with van der Waals surface area (Å²) in [6, 6.07) is 0.119. The first-order chi connectivity index (χ1) is 6.07. The van der Waals surface area contributed by atoms with E-state index in [1.807, 2.05) is 0 Å². The van der Waals surface area contributed by atoms with Crippen LogP contribution in [0.4, 0.5) is 8.78 Å². The predicted octanol–water partition coefficient (Wildman–Crippen LogP) is 1.06. The summed E-state index contributed by atoms with van der Waals surface area (Å²) in [5, 5.41) is 0. The van der Waals surface area contributed by atoms with Crippen LogP contribution < -0.4 is 5.73 Å². The molecule has 1 saturated carbocycles. The molecule has 0 aromatic carbocycles. The molecule has 4 heteroatoms. The molecule has 2 rings (SSSR count). The molecule has 1 atom stereocenters. The Morgan fingerprint density at radius 3 is 2.62 bits per heavy atom. The summed E-state index contributed by atoms with van der Waals surface area (Å²) in [4.78, 5) is 1.79. The van der Waals surface area contributed by atoms with E-state index in [0.29, 0.717) is 19.0 Å². The van der Waals surface area contributed by atoms with E-state index in [1.165, 1.54) is 12.8 Å². The molecule has 1 unspecified atom stereocenters. The predicted molar refractivity (Wildman–Crippen MR) is 46.7 cm³/mol. The fraction of sp³-hybridized carbons (Fsp3) is 1.00. The van der Waals surface area contributed by atoms with Crippen molar-refractivity contribution in [2.75, 3.05) is 19.6 Å². The second kappa shape index (κ2) is 3.17. The number of nitrogens with zero attached hydrogens (tertiary/aromatic N) is 1. The highest BCUT2D eigenvalue weighted by Gasteiger charge is 2.39. The third-order valence-electron chi connectivity index (χ3n) is 2.95. The minimum atomic E-state index is -2.47. The lowest BCUT2D eigenvalue weighted by Crippen LogP contribution is -2.38. The van der Waals surface area contributed by atoms with E-state index < -0.39 is 5.92 Å². The molecule has 0 spiro atoms. The Hall–Kier alpha value is -0.220. The number of hydrogen-bond donors (Lipinski definition) is 1. The molecular weight excluding hydrogens is 174 g/mol. The Morgan fingerprint density at radius 2 is 2.15 bits per heavy atom. The average Bonchev–Trinajstić information content (AvgIpc) is 2.78. The van der Waals surface area contributed by atoms with Crippen molar-refractivity contribution < 1.29 is 8.78 Å². The van der Waals surface area contributed by atoms with E-state index in [1.54, 1.807) is 4.90 Å². The van der Waals surface area contributed by atoms with Gasteiger partial charge in [-0.3, -0.25) is 4.90 Å². The Kier molecular flexibility index (Phi) is 2.28. The van der Waals surface area contributed by atoms with Gasteiger partial charge < -0.3 is 5.73 Å². The van der Waals surface area contributed by atoms with Gasteiger partial charge in [0.15, 0.2) is 0 Å². The summed E-state index contributed by atoms with van der Waals surface area (Å²) >= 11 is 0. The second-order valence-corrected chi connectivity index (χ2v) is 4.34. The maximum atomic E-state index is 12.8. The van der Waals surface area contributed by atoms with Crippen molar-refractivity contribution in [2.45, 2.75) is 31.2 Å². The topological polar surface area (TPSA) is 29.3 Å². The van der Waals surface area contributed by atoms with Gasteiger partial charge in [-0.25, -0.2) is 8.78 Å². The Labute approximate surface area is 77.1 Å². The molecule has 0 amide bonds. The van der Waals surface area contributed by atoms with E-state index in [9.17, 15) is 8.78 Å². The highest BCUT2D eigenvalue weighted by Crippen LogP contribution is 2.33. The second-order valence-electron chi connectivity index (χ2n) is 4.34. The third kappa shape index (κ3) is 2.38. The summed E-state index contributed by atoms with van der Waals surface area (Å²) in [6.07, 6.45) is 2.38. The van der Waals surface area contributed by atoms with Crippen molar-refractivity contribution >= 4 is 0 Å². The fourth-order valence-electron chi connectivity index (χ4n) is 1.93. The summed E-state index contributed by atoms with van der Waals surface area (Å²) in [5.74, 6) is -1.86. The highest BCUT2D eigenvalue weighted by atomic mass is 19.3. The maximum absolute atomic E-state index is 12.8. The average molecular weight is 190 g/mol. The minimum absolute atomic E-state index is 0.00435. The smallest absolute Gasteiger partial charge is 0.261 e. The lowest BCUT2D eigenvalue weighted by Gasteiger charge is -2.19. The fourth-order valence-corrected chi connectivity index (χ4v) is 1.93. The van der Waals surface area contributed by atoms with Gasteiger partial charge in [-0.05, 0) is 18.8 Å². The van der Waals surface area contributed by atoms with Crippen molar-refractivity contribution in [2.24, 2.45) is 11.7 Å². The number of rotatable bonds is 3. The molecule has 1 saturated heterocycles. The Morgan fingerprint density at radius 1 is 1.46 bits per heavy atom. The van der Waals surface area contributed by atoms with Gasteiger partial charge >= 0.3 is 0 Å². The van der Waals surface area contributed by atoms with Gasteiger partial charge in [0.2, 0.25) is 0 Å². The SMILES string of the molecule is NC(CN1CCC(F)(F)C1)C1CC1. The summed E-state index contributed by atoms with van der Waals surface area (Å²) in [7, 11) is 0. The first-order valence-electron chi connectivity index (χ1n) is 4.93. The first kappa shape index (κ1) is 9.34. The molecule has 0 aromatic rings. The first-order valence-corrected chi connectivity index (χ1v) is 4.93. The van der Waals surface area contributed by atoms with Gasteiger partial charge in [-0.1, -0.05) is 0 Å². The normalized spacial score (nSPS) is 30.7. The zero-order valence-corrected chi connectivity index (χ0v) is 7.68. The molecule has 2 N–H and O–H groups in total. The van der Waals surface area contributed by atoms with Crippen LogP contribution in [-0.2, 0) is 0 Å². The largest absolute Gasteiger partial charge is 0.326 e. The van der Waals surface area contributed by atoms with Crippen LogP contribution in [0.25, 0.3) is 0 Å². The van der Waals surface area contributed by atoms with Crippen molar-refractivity contribution in [3.8, 4) is 0 Å². The molecule has 1 heterocycles. The van der Waals surface area contributed by atoms with E-state index in [2.05, 4.69) is 0 Å². The van der Waals surface area contributed by atoms with Crippen LogP contribution in [0.5, 0.6) is 0 Å². The highest BCUT2D eigenvalue weighted by molar-refractivity contribution is 4.89. The molecule has 2 fully saturated rings. The van der Waals surface area contributed by atoms with Gasteiger partial charge in [-0.2, -0.15) is 0 Å². The third-order valence-corrected chi connectivity index (χ3v) is 2.95. The number of likely N-dealkylation sites (tertiary alicyclic amines) is 1. The van der Waals surface area contributed by atoms with Crippen LogP contribution in [-0.4, -0.2) is 36.5 Å². The molecule has 1 aliphatic heterocycles. The molecular formula is C9H16F2N2. The minimum Gasteiger partial charge on any atom is -0.326 e. The quantitative estimate of drug-likeness (QED) is 0.721. The van der Waals surface area contributed by atoms with Crippen LogP contribution in [0.2, 0.25) is 0 Å². The van der Waals surface area contributed by atoms with E-state index in [-0.39, 0.29) is 19.0 Å². The Bertz CT molecular complexity index is 192. The molecule has 1 aliphatic carbocycles. The maximum Gasteiger partial charge on any atom is 0.261 e. The van der Waals surface area contributed by atoms with E-state index in [4.69, 9.17) is 5.73 Å². The summed E-state index contributed by atoms with van der Waals surface area (Å²) in [6.45, 7) is 1.07. The Balaban J connectivity index is 1.76. The van der Waals surface area contributed by atoms with Crippen molar-refractivity contribution in [1.82, 2.24) is 4.90 Å². The van der Waals surface area contributed by atoms with Crippen molar-refractivity contribution in [3.63, 3.8) is 0 Å². The van der Waals surface area contributed by atoms with Gasteiger partial charge in [0.05, 0.1) is 6.54 Å². The monoisotopic (exact) mass is 190 g/mol.